The summed E-state index contributed by atoms with van der Waals surface area (Å²) in [5, 5.41) is 19.0. The standard InChI is InChI=1S/C17H21N3O.C2H2O4/c1-12(13-5-3-2-4-6-13)16-18-17(21-19-16)15-11-20-9-7-14(15)8-10-20;3-1(4)2(5)6/h2-6,12,14-15H,7-11H2,1H3;(H,3,4)(H,5,6). The maximum atomic E-state index is 9.10. The number of hydrogen-bond acceptors (Lipinski definition) is 6. The van der Waals surface area contributed by atoms with Crippen molar-refractivity contribution in [1.29, 1.82) is 0 Å². The molecule has 27 heavy (non-hydrogen) atoms. The minimum atomic E-state index is -1.82. The third-order valence-electron chi connectivity index (χ3n) is 5.30. The molecule has 144 valence electrons. The molecule has 0 spiro atoms. The quantitative estimate of drug-likeness (QED) is 0.786. The predicted octanol–water partition coefficient (Wildman–Crippen LogP) is 2.19. The van der Waals surface area contributed by atoms with E-state index >= 15 is 0 Å². The van der Waals surface area contributed by atoms with Crippen LogP contribution < -0.4 is 0 Å². The number of fused-ring (bicyclic) bond motifs is 3. The molecular formula is C19H23N3O5. The maximum absolute atomic E-state index is 9.10. The molecule has 2 bridgehead atoms. The van der Waals surface area contributed by atoms with E-state index in [4.69, 9.17) is 29.3 Å². The van der Waals surface area contributed by atoms with Gasteiger partial charge in [0.1, 0.15) is 0 Å². The van der Waals surface area contributed by atoms with E-state index in [1.165, 1.54) is 31.5 Å². The monoisotopic (exact) mass is 373 g/mol. The minimum absolute atomic E-state index is 0.185. The third-order valence-corrected chi connectivity index (χ3v) is 5.30. The number of carboxylic acid groups (broad SMARTS) is 2. The van der Waals surface area contributed by atoms with Crippen molar-refractivity contribution < 1.29 is 24.3 Å². The molecule has 0 saturated carbocycles. The lowest BCUT2D eigenvalue weighted by atomic mass is 9.79. The van der Waals surface area contributed by atoms with Gasteiger partial charge in [0.15, 0.2) is 5.82 Å². The van der Waals surface area contributed by atoms with E-state index < -0.39 is 11.9 Å². The summed E-state index contributed by atoms with van der Waals surface area (Å²) in [6.45, 7) is 5.71. The number of hydrogen-bond donors (Lipinski definition) is 2. The highest BCUT2D eigenvalue weighted by atomic mass is 16.5. The van der Waals surface area contributed by atoms with Crippen LogP contribution in [0, 0.1) is 5.92 Å². The fourth-order valence-corrected chi connectivity index (χ4v) is 3.71. The second kappa shape index (κ2) is 8.30. The number of benzene rings is 1. The summed E-state index contributed by atoms with van der Waals surface area (Å²) in [6, 6.07) is 10.4. The molecule has 0 amide bonds. The Balaban J connectivity index is 0.000000307. The molecule has 3 aliphatic rings. The highest BCUT2D eigenvalue weighted by molar-refractivity contribution is 6.27. The van der Waals surface area contributed by atoms with Crippen LogP contribution in [-0.4, -0.2) is 56.8 Å². The summed E-state index contributed by atoms with van der Waals surface area (Å²) in [4.78, 5) is 25.4. The van der Waals surface area contributed by atoms with Crippen LogP contribution in [0.4, 0.5) is 0 Å². The molecular weight excluding hydrogens is 350 g/mol. The Bertz CT molecular complexity index is 772. The van der Waals surface area contributed by atoms with Crippen LogP contribution in [0.1, 0.15) is 48.9 Å². The Morgan fingerprint density at radius 3 is 2.30 bits per heavy atom. The van der Waals surface area contributed by atoms with Crippen molar-refractivity contribution in [2.24, 2.45) is 5.92 Å². The minimum Gasteiger partial charge on any atom is -0.473 e. The first-order valence-electron chi connectivity index (χ1n) is 9.02. The van der Waals surface area contributed by atoms with Gasteiger partial charge in [0.25, 0.3) is 0 Å². The van der Waals surface area contributed by atoms with Crippen molar-refractivity contribution in [2.45, 2.75) is 31.6 Å². The van der Waals surface area contributed by atoms with Crippen LogP contribution in [0.25, 0.3) is 0 Å². The zero-order chi connectivity index (χ0) is 19.4. The summed E-state index contributed by atoms with van der Waals surface area (Å²) in [5.74, 6) is -0.628. The van der Waals surface area contributed by atoms with Crippen LogP contribution in [-0.2, 0) is 9.59 Å². The molecule has 0 aliphatic carbocycles. The van der Waals surface area contributed by atoms with Gasteiger partial charge in [-0.2, -0.15) is 4.98 Å². The summed E-state index contributed by atoms with van der Waals surface area (Å²) in [6.07, 6.45) is 2.55. The van der Waals surface area contributed by atoms with Crippen LogP contribution in [0.15, 0.2) is 34.9 Å². The van der Waals surface area contributed by atoms with Gasteiger partial charge < -0.3 is 19.6 Å². The topological polar surface area (TPSA) is 117 Å². The molecule has 2 unspecified atom stereocenters. The first kappa shape index (κ1) is 19.0. The third kappa shape index (κ3) is 4.51. The Kier molecular flexibility index (Phi) is 5.85. The molecule has 3 fully saturated rings. The Morgan fingerprint density at radius 1 is 1.15 bits per heavy atom. The molecule has 3 saturated heterocycles. The SMILES string of the molecule is CC(c1ccccc1)c1noc(C2CN3CCC2CC3)n1.O=C(O)C(=O)O. The van der Waals surface area contributed by atoms with Gasteiger partial charge in [-0.15, -0.1) is 0 Å². The van der Waals surface area contributed by atoms with Crippen LogP contribution >= 0.6 is 0 Å². The fraction of sp³-hybridized carbons (Fsp3) is 0.474. The van der Waals surface area contributed by atoms with Crippen LogP contribution in [0.5, 0.6) is 0 Å². The zero-order valence-corrected chi connectivity index (χ0v) is 15.1. The van der Waals surface area contributed by atoms with Gasteiger partial charge in [0.05, 0.1) is 5.92 Å². The van der Waals surface area contributed by atoms with Gasteiger partial charge in [-0.25, -0.2) is 9.59 Å². The highest BCUT2D eigenvalue weighted by Crippen LogP contribution is 2.38. The van der Waals surface area contributed by atoms with Gasteiger partial charge in [-0.05, 0) is 37.4 Å². The van der Waals surface area contributed by atoms with E-state index in [1.54, 1.807) is 0 Å². The second-order valence-electron chi connectivity index (χ2n) is 6.98. The summed E-state index contributed by atoms with van der Waals surface area (Å²) >= 11 is 0. The fourth-order valence-electron chi connectivity index (χ4n) is 3.71. The number of carbonyl (C=O) groups is 2. The summed E-state index contributed by atoms with van der Waals surface area (Å²) in [7, 11) is 0. The Hall–Kier alpha value is -2.74. The van der Waals surface area contributed by atoms with E-state index in [1.807, 2.05) is 6.07 Å². The molecule has 8 heteroatoms. The number of nitrogens with zero attached hydrogens (tertiary/aromatic N) is 3. The van der Waals surface area contributed by atoms with Gasteiger partial charge >= 0.3 is 11.9 Å². The first-order chi connectivity index (χ1) is 13.0. The van der Waals surface area contributed by atoms with E-state index in [9.17, 15) is 0 Å². The largest absolute Gasteiger partial charge is 0.473 e. The van der Waals surface area contributed by atoms with Crippen LogP contribution in [0.3, 0.4) is 0 Å². The smallest absolute Gasteiger partial charge is 0.414 e. The molecule has 1 aromatic carbocycles. The summed E-state index contributed by atoms with van der Waals surface area (Å²) in [5.41, 5.74) is 1.23. The predicted molar refractivity (Wildman–Crippen MR) is 95.4 cm³/mol. The van der Waals surface area contributed by atoms with Crippen molar-refractivity contribution in [3.63, 3.8) is 0 Å². The first-order valence-corrected chi connectivity index (χ1v) is 9.02. The van der Waals surface area contributed by atoms with Crippen molar-refractivity contribution in [2.75, 3.05) is 19.6 Å². The lowest BCUT2D eigenvalue weighted by Gasteiger charge is -2.43. The molecule has 0 radical (unpaired) electrons. The van der Waals surface area contributed by atoms with E-state index in [2.05, 4.69) is 41.2 Å². The van der Waals surface area contributed by atoms with Gasteiger partial charge in [0.2, 0.25) is 5.89 Å². The van der Waals surface area contributed by atoms with Crippen molar-refractivity contribution in [3.8, 4) is 0 Å². The molecule has 2 atom stereocenters. The molecule has 1 aromatic heterocycles. The average molecular weight is 373 g/mol. The highest BCUT2D eigenvalue weighted by Gasteiger charge is 2.38. The zero-order valence-electron chi connectivity index (χ0n) is 15.1. The Labute approximate surface area is 156 Å². The van der Waals surface area contributed by atoms with Gasteiger partial charge in [-0.3, -0.25) is 0 Å². The molecule has 4 heterocycles. The molecule has 3 aliphatic heterocycles. The van der Waals surface area contributed by atoms with Gasteiger partial charge in [-0.1, -0.05) is 42.4 Å². The lowest BCUT2D eigenvalue weighted by molar-refractivity contribution is -0.159. The second-order valence-corrected chi connectivity index (χ2v) is 6.98. The van der Waals surface area contributed by atoms with Crippen molar-refractivity contribution >= 4 is 11.9 Å². The van der Waals surface area contributed by atoms with E-state index in [-0.39, 0.29) is 5.92 Å². The molecule has 8 nitrogen and oxygen atoms in total. The lowest BCUT2D eigenvalue weighted by Crippen LogP contribution is -2.46. The Morgan fingerprint density at radius 2 is 1.78 bits per heavy atom. The van der Waals surface area contributed by atoms with Gasteiger partial charge in [0, 0.05) is 12.5 Å². The van der Waals surface area contributed by atoms with Crippen molar-refractivity contribution in [1.82, 2.24) is 15.0 Å². The summed E-state index contributed by atoms with van der Waals surface area (Å²) < 4.78 is 5.61. The number of carboxylic acids is 2. The van der Waals surface area contributed by atoms with E-state index in [0.717, 1.165) is 24.2 Å². The van der Waals surface area contributed by atoms with E-state index in [0.29, 0.717) is 5.92 Å². The molecule has 2 N–H and O–H groups in total. The molecule has 2 aromatic rings. The van der Waals surface area contributed by atoms with Crippen molar-refractivity contribution in [3.05, 3.63) is 47.6 Å². The maximum Gasteiger partial charge on any atom is 0.414 e. The number of aliphatic carboxylic acids is 2. The molecule has 5 rings (SSSR count). The number of aromatic nitrogens is 2. The number of rotatable bonds is 3. The average Bonchev–Trinajstić information content (AvgIpc) is 3.19. The normalized spacial score (nSPS) is 24.6. The number of piperidine rings is 3. The van der Waals surface area contributed by atoms with Crippen LogP contribution in [0.2, 0.25) is 0 Å².